The molecule has 2 aromatic rings. The highest BCUT2D eigenvalue weighted by Gasteiger charge is 2.34. The van der Waals surface area contributed by atoms with Crippen molar-refractivity contribution in [1.29, 1.82) is 0 Å². The normalized spacial score (nSPS) is 14.1. The van der Waals surface area contributed by atoms with E-state index < -0.39 is 118 Å². The molecular weight excluding hydrogens is 1040 g/mol. The second kappa shape index (κ2) is 34.1. The minimum atomic E-state index is -1.03. The number of hydrogen-bond acceptors (Lipinski definition) is 17. The summed E-state index contributed by atoms with van der Waals surface area (Å²) in [6, 6.07) is 5.63. The molecule has 0 spiro atoms. The Hall–Kier alpha value is -7.04. The van der Waals surface area contributed by atoms with Gasteiger partial charge in [-0.1, -0.05) is 39.8 Å². The Morgan fingerprint density at radius 1 is 0.557 bits per heavy atom. The van der Waals surface area contributed by atoms with Crippen LogP contribution in [0.4, 0.5) is 18.4 Å². The molecule has 0 saturated heterocycles. The van der Waals surface area contributed by atoms with Gasteiger partial charge in [-0.2, -0.15) is 0 Å². The number of nitrogens with one attached hydrogen (secondary N) is 3. The zero-order chi connectivity index (χ0) is 61.3. The lowest BCUT2D eigenvalue weighted by Crippen LogP contribution is -2.47. The fourth-order valence-electron chi connectivity index (χ4n) is 7.19. The van der Waals surface area contributed by atoms with Crippen LogP contribution < -0.4 is 25.4 Å². The van der Waals surface area contributed by atoms with Gasteiger partial charge in [0.15, 0.2) is 46.3 Å². The van der Waals surface area contributed by atoms with Crippen LogP contribution in [0.15, 0.2) is 36.4 Å². The molecule has 4 N–H and O–H groups in total. The first-order valence-electron chi connectivity index (χ1n) is 25.5. The second-order valence-electron chi connectivity index (χ2n) is 21.1. The molecule has 2 aromatic carbocycles. The molecule has 0 radical (unpaired) electrons. The van der Waals surface area contributed by atoms with Gasteiger partial charge in [0.25, 0.3) is 0 Å². The number of esters is 2. The summed E-state index contributed by atoms with van der Waals surface area (Å²) in [5, 5.41) is 16.4. The number of benzene rings is 2. The van der Waals surface area contributed by atoms with E-state index in [0.717, 1.165) is 0 Å². The lowest BCUT2D eigenvalue weighted by molar-refractivity contribution is -0.148. The van der Waals surface area contributed by atoms with Crippen LogP contribution in [0.3, 0.4) is 0 Å². The van der Waals surface area contributed by atoms with E-state index in [9.17, 15) is 56.7 Å². The zero-order valence-electron chi connectivity index (χ0n) is 49.0. The van der Waals surface area contributed by atoms with Crippen LogP contribution in [-0.2, 0) is 70.1 Å². The molecule has 0 unspecified atom stereocenters. The fraction of sp³-hybridized carbons (Fsp3) is 0.607. The van der Waals surface area contributed by atoms with Crippen LogP contribution in [0.2, 0.25) is 0 Å². The molecule has 2 rings (SSSR count). The van der Waals surface area contributed by atoms with Crippen molar-refractivity contribution in [1.82, 2.24) is 20.9 Å². The van der Waals surface area contributed by atoms with Crippen LogP contribution in [-0.4, -0.2) is 147 Å². The van der Waals surface area contributed by atoms with Gasteiger partial charge in [0, 0.05) is 45.1 Å². The lowest BCUT2D eigenvalue weighted by Gasteiger charge is -2.30. The van der Waals surface area contributed by atoms with E-state index >= 15 is 0 Å². The Balaban J connectivity index is 0.00000128. The van der Waals surface area contributed by atoms with Gasteiger partial charge in [-0.3, -0.25) is 38.4 Å². The number of hydrogen-bond donors (Lipinski definition) is 4. The van der Waals surface area contributed by atoms with Gasteiger partial charge < -0.3 is 54.4 Å². The van der Waals surface area contributed by atoms with E-state index in [1.807, 2.05) is 0 Å². The van der Waals surface area contributed by atoms with E-state index in [2.05, 4.69) is 20.7 Å². The molecule has 0 aromatic heterocycles. The quantitative estimate of drug-likeness (QED) is 0.0557. The number of carboxylic acid groups (broad SMARTS) is 1. The Labute approximate surface area is 462 Å². The average molecular weight is 1120 g/mol. The first-order valence-corrected chi connectivity index (χ1v) is 25.5. The van der Waals surface area contributed by atoms with Crippen molar-refractivity contribution in [2.45, 2.75) is 157 Å². The molecule has 0 fully saturated rings. The summed E-state index contributed by atoms with van der Waals surface area (Å²) in [4.78, 5) is 122. The molecule has 3 amide bonds. The minimum absolute atomic E-state index is 0.0207. The van der Waals surface area contributed by atoms with Gasteiger partial charge in [-0.25, -0.2) is 18.4 Å². The highest BCUT2D eigenvalue weighted by Crippen LogP contribution is 2.23. The van der Waals surface area contributed by atoms with Crippen LogP contribution in [0.5, 0.6) is 11.5 Å². The second-order valence-corrected chi connectivity index (χ2v) is 21.1. The molecule has 8 atom stereocenters. The van der Waals surface area contributed by atoms with Gasteiger partial charge in [0.05, 0.1) is 70.4 Å². The Morgan fingerprint density at radius 2 is 0.924 bits per heavy atom. The minimum Gasteiger partial charge on any atom is -0.494 e. The van der Waals surface area contributed by atoms with Crippen molar-refractivity contribution < 1.29 is 90.3 Å². The van der Waals surface area contributed by atoms with Crippen molar-refractivity contribution in [3.63, 3.8) is 0 Å². The third-order valence-electron chi connectivity index (χ3n) is 11.7. The maximum Gasteiger partial charge on any atom is 0.408 e. The summed E-state index contributed by atoms with van der Waals surface area (Å²) >= 11 is 0. The monoisotopic (exact) mass is 1120 g/mol. The number of ether oxygens (including phenoxy) is 6. The van der Waals surface area contributed by atoms with Crippen molar-refractivity contribution >= 4 is 59.1 Å². The molecule has 0 heterocycles. The lowest BCUT2D eigenvalue weighted by atomic mass is 9.93. The van der Waals surface area contributed by atoms with E-state index in [0.29, 0.717) is 17.5 Å². The smallest absolute Gasteiger partial charge is 0.408 e. The summed E-state index contributed by atoms with van der Waals surface area (Å²) in [5.41, 5.74) is -0.257. The first-order chi connectivity index (χ1) is 36.4. The van der Waals surface area contributed by atoms with Gasteiger partial charge in [-0.15, -0.1) is 0 Å². The predicted molar refractivity (Wildman–Crippen MR) is 287 cm³/mol. The summed E-state index contributed by atoms with van der Waals surface area (Å²) in [5.74, 6) is -7.52. The van der Waals surface area contributed by atoms with E-state index in [4.69, 9.17) is 28.8 Å². The molecule has 0 aliphatic carbocycles. The van der Waals surface area contributed by atoms with Gasteiger partial charge in [0.1, 0.15) is 11.2 Å². The van der Waals surface area contributed by atoms with Crippen molar-refractivity contribution in [3.05, 3.63) is 59.2 Å². The number of likely N-dealkylation sites (N-methyl/N-ethyl adjacent to an activating group) is 2. The number of amides is 3. The van der Waals surface area contributed by atoms with Crippen molar-refractivity contribution in [2.24, 2.45) is 23.7 Å². The average Bonchev–Trinajstić information content (AvgIpc) is 3.35. The van der Waals surface area contributed by atoms with E-state index in [1.165, 1.54) is 92.3 Å². The van der Waals surface area contributed by atoms with Crippen LogP contribution >= 0.6 is 0 Å². The summed E-state index contributed by atoms with van der Waals surface area (Å²) in [6.45, 7) is 19.4. The Kier molecular flexibility index (Phi) is 31.0. The zero-order valence-corrected chi connectivity index (χ0v) is 49.0. The molecule has 21 nitrogen and oxygen atoms in total. The molecule has 79 heavy (non-hydrogen) atoms. The topological polar surface area (TPSA) is 286 Å². The summed E-state index contributed by atoms with van der Waals surface area (Å²) in [7, 11) is 8.32. The Bertz CT molecular complexity index is 2400. The highest BCUT2D eigenvalue weighted by molar-refractivity contribution is 5.95. The summed E-state index contributed by atoms with van der Waals surface area (Å²) in [6.07, 6.45) is -1.56. The van der Waals surface area contributed by atoms with Crippen molar-refractivity contribution in [2.75, 3.05) is 42.5 Å². The molecule has 0 aliphatic rings. The van der Waals surface area contributed by atoms with Crippen LogP contribution in [0.25, 0.3) is 0 Å². The largest absolute Gasteiger partial charge is 0.494 e. The maximum atomic E-state index is 14.3. The van der Waals surface area contributed by atoms with E-state index in [-0.39, 0.29) is 55.2 Å². The number of Topliss-reactive ketones (excluding diaryl/α,β-unsaturated/α-hetero) is 4. The third kappa shape index (κ3) is 27.4. The third-order valence-corrected chi connectivity index (χ3v) is 11.7. The van der Waals surface area contributed by atoms with Gasteiger partial charge in [-0.05, 0) is 104 Å². The number of carbonyl (C=O) groups excluding carboxylic acids is 9. The molecule has 444 valence electrons. The highest BCUT2D eigenvalue weighted by atomic mass is 19.1. The number of carboxylic acids is 1. The standard InChI is InChI=1S/C28H41FN2O8.C16H22FNO4.C12H21NO5/c1-16(12-22(32)18(3)30-27(36)39-28(4,5)6)25(34)31(7)21(23(33)13-17(2)26(35)38-9)15-19-10-11-24(37-8)20(29)14-19;1-10(16(20)22-4)7-14(19)13(18-2)9-11-5-6-15(21-3)12(17)8-11;1-7(10(15)16)6-9(14)8(2)13-11(17)18-12(3,4)5/h10-11,14,16-18,21H,12-13,15H2,1-9H3,(H,30,36);5-6,8,10,13,18H,7,9H2,1-4H3;7-8H,6H2,1-5H3,(H,13,17)(H,15,16)/t16-,17-,18-,21+;10-,13+;7-,8-/m111/s1. The maximum absolute atomic E-state index is 14.3. The number of rotatable bonds is 26. The number of halogens is 2. The van der Waals surface area contributed by atoms with Crippen molar-refractivity contribution in [3.8, 4) is 11.5 Å². The number of carbonyl (C=O) groups is 10. The first kappa shape index (κ1) is 72.0. The number of aliphatic carboxylic acids is 1. The van der Waals surface area contributed by atoms with Crippen LogP contribution in [0.1, 0.15) is 120 Å². The number of ketones is 4. The molecule has 0 bridgehead atoms. The van der Waals surface area contributed by atoms with Crippen LogP contribution in [0, 0.1) is 35.3 Å². The predicted octanol–water partition coefficient (Wildman–Crippen LogP) is 6.79. The molecule has 0 aliphatic heterocycles. The Morgan fingerprint density at radius 3 is 1.27 bits per heavy atom. The van der Waals surface area contributed by atoms with Gasteiger partial charge >= 0.3 is 30.1 Å². The molecular formula is C56H84F2N4O17. The number of alkyl carbamates (subject to hydrolysis) is 2. The van der Waals surface area contributed by atoms with Gasteiger partial charge in [0.2, 0.25) is 5.91 Å². The molecule has 0 saturated carbocycles. The van der Waals surface area contributed by atoms with E-state index in [1.54, 1.807) is 74.6 Å². The summed E-state index contributed by atoms with van der Waals surface area (Å²) < 4.78 is 57.3. The SMILES string of the molecule is CN[C@@H](Cc1ccc(OC)c(F)c1)C(=O)C[C@@H](C)C(=O)OC.COC(=O)[C@H](C)CC(=O)[C@H](Cc1ccc(OC)c(F)c1)N(C)C(=O)[C@H](C)CC(=O)[C@@H](C)NC(=O)OC(C)(C)C.C[C@H](CC(=O)[C@@H](C)NC(=O)OC(C)(C)C)C(=O)O. The fourth-order valence-corrected chi connectivity index (χ4v) is 7.19. The number of nitrogens with zero attached hydrogens (tertiary/aromatic N) is 1. The number of methoxy groups -OCH3 is 4. The molecule has 23 heteroatoms.